The Balaban J connectivity index is 2.03. The van der Waals surface area contributed by atoms with E-state index in [0.717, 1.165) is 27.9 Å². The molecule has 0 unspecified atom stereocenters. The summed E-state index contributed by atoms with van der Waals surface area (Å²) < 4.78 is 0. The molecule has 3 aromatic rings. The van der Waals surface area contributed by atoms with Crippen LogP contribution < -0.4 is 5.32 Å². The highest BCUT2D eigenvalue weighted by Crippen LogP contribution is 2.29. The van der Waals surface area contributed by atoms with Crippen molar-refractivity contribution >= 4 is 16.9 Å². The van der Waals surface area contributed by atoms with Crippen LogP contribution in [0.5, 0.6) is 0 Å². The number of hydrogen-bond acceptors (Lipinski definition) is 4. The number of benzene rings is 1. The number of aromatic nitrogens is 3. The van der Waals surface area contributed by atoms with Crippen molar-refractivity contribution in [3.63, 3.8) is 0 Å². The van der Waals surface area contributed by atoms with Gasteiger partial charge in [-0.1, -0.05) is 68.5 Å². The molecule has 29 heavy (non-hydrogen) atoms. The molecule has 2 heterocycles. The zero-order valence-electron chi connectivity index (χ0n) is 17.6. The fraction of sp³-hybridized carbons (Fsp3) is 0.240. The molecule has 0 saturated carbocycles. The van der Waals surface area contributed by atoms with Gasteiger partial charge in [0.05, 0.1) is 5.39 Å². The Morgan fingerprint density at radius 1 is 1.10 bits per heavy atom. The largest absolute Gasteiger partial charge is 0.365 e. The SMILES string of the molecule is C=C(C)/C=C\C(=C/C)CNc1nc(-c2ccccc2C(C)C)nc2ncccc12. The Bertz CT molecular complexity index is 1080. The monoisotopic (exact) mass is 384 g/mol. The maximum Gasteiger partial charge on any atom is 0.165 e. The van der Waals surface area contributed by atoms with E-state index < -0.39 is 0 Å². The molecule has 0 saturated heterocycles. The molecular weight excluding hydrogens is 356 g/mol. The summed E-state index contributed by atoms with van der Waals surface area (Å²) in [6, 6.07) is 12.2. The molecular formula is C25H28N4. The van der Waals surface area contributed by atoms with Crippen LogP contribution in [0, 0.1) is 0 Å². The number of fused-ring (bicyclic) bond motifs is 1. The highest BCUT2D eigenvalue weighted by molar-refractivity contribution is 5.88. The average Bonchev–Trinajstić information content (AvgIpc) is 2.73. The molecule has 4 nitrogen and oxygen atoms in total. The quantitative estimate of drug-likeness (QED) is 0.485. The molecule has 0 fully saturated rings. The van der Waals surface area contributed by atoms with Crippen LogP contribution in [-0.4, -0.2) is 21.5 Å². The van der Waals surface area contributed by atoms with Gasteiger partial charge in [0.25, 0.3) is 0 Å². The minimum atomic E-state index is 0.382. The lowest BCUT2D eigenvalue weighted by molar-refractivity contribution is 0.866. The van der Waals surface area contributed by atoms with Crippen molar-refractivity contribution in [3.8, 4) is 11.4 Å². The fourth-order valence-corrected chi connectivity index (χ4v) is 3.11. The molecule has 0 radical (unpaired) electrons. The first-order chi connectivity index (χ1) is 14.0. The Morgan fingerprint density at radius 2 is 1.90 bits per heavy atom. The van der Waals surface area contributed by atoms with E-state index in [1.165, 1.54) is 5.56 Å². The lowest BCUT2D eigenvalue weighted by atomic mass is 9.97. The van der Waals surface area contributed by atoms with E-state index in [2.05, 4.69) is 61.1 Å². The predicted molar refractivity (Wildman–Crippen MR) is 123 cm³/mol. The standard InChI is InChI=1S/C25H28N4/c1-6-19(14-13-17(2)3)16-27-24-22-12-9-15-26-23(22)28-25(29-24)21-11-8-7-10-20(21)18(4)5/h6-15,18H,2,16H2,1,3-5H3,(H,26,27,28,29)/b14-13-,19-6+. The lowest BCUT2D eigenvalue weighted by Gasteiger charge is -2.14. The van der Waals surface area contributed by atoms with Crippen LogP contribution in [0.3, 0.4) is 0 Å². The Kier molecular flexibility index (Phi) is 6.55. The number of rotatable bonds is 7. The van der Waals surface area contributed by atoms with Gasteiger partial charge in [0, 0.05) is 18.3 Å². The zero-order chi connectivity index (χ0) is 20.8. The average molecular weight is 385 g/mol. The molecule has 0 amide bonds. The second-order valence-corrected chi connectivity index (χ2v) is 7.41. The Hall–Kier alpha value is -3.27. The van der Waals surface area contributed by atoms with E-state index >= 15 is 0 Å². The van der Waals surface area contributed by atoms with E-state index in [0.29, 0.717) is 23.9 Å². The van der Waals surface area contributed by atoms with Crippen LogP contribution in [0.2, 0.25) is 0 Å². The van der Waals surface area contributed by atoms with Crippen LogP contribution >= 0.6 is 0 Å². The predicted octanol–water partition coefficient (Wildman–Crippen LogP) is 6.31. The number of hydrogen-bond donors (Lipinski definition) is 1. The number of nitrogens with one attached hydrogen (secondary N) is 1. The third-order valence-electron chi connectivity index (χ3n) is 4.71. The summed E-state index contributed by atoms with van der Waals surface area (Å²) in [6.45, 7) is 13.0. The molecule has 3 rings (SSSR count). The molecule has 1 N–H and O–H groups in total. The summed E-state index contributed by atoms with van der Waals surface area (Å²) in [6.07, 6.45) is 7.94. The van der Waals surface area contributed by atoms with Gasteiger partial charge in [-0.3, -0.25) is 0 Å². The van der Waals surface area contributed by atoms with Crippen LogP contribution in [-0.2, 0) is 0 Å². The smallest absolute Gasteiger partial charge is 0.165 e. The maximum atomic E-state index is 4.88. The number of anilines is 1. The summed E-state index contributed by atoms with van der Waals surface area (Å²) in [5.74, 6) is 1.87. The van der Waals surface area contributed by atoms with Crippen molar-refractivity contribution in [1.29, 1.82) is 0 Å². The molecule has 4 heteroatoms. The molecule has 0 spiro atoms. The van der Waals surface area contributed by atoms with Crippen LogP contribution in [0.4, 0.5) is 5.82 Å². The van der Waals surface area contributed by atoms with Crippen LogP contribution in [0.15, 0.2) is 78.5 Å². The highest BCUT2D eigenvalue weighted by Gasteiger charge is 2.14. The molecule has 2 aromatic heterocycles. The third kappa shape index (κ3) is 4.96. The Labute approximate surface area is 173 Å². The van der Waals surface area contributed by atoms with E-state index in [4.69, 9.17) is 9.97 Å². The van der Waals surface area contributed by atoms with Crippen molar-refractivity contribution in [3.05, 3.63) is 84.1 Å². The number of pyridine rings is 1. The van der Waals surface area contributed by atoms with Gasteiger partial charge in [-0.15, -0.1) is 0 Å². The van der Waals surface area contributed by atoms with Crippen molar-refractivity contribution in [2.75, 3.05) is 11.9 Å². The van der Waals surface area contributed by atoms with Crippen molar-refractivity contribution in [2.45, 2.75) is 33.6 Å². The minimum Gasteiger partial charge on any atom is -0.365 e. The molecule has 0 aliphatic carbocycles. The van der Waals surface area contributed by atoms with Crippen molar-refractivity contribution in [2.24, 2.45) is 0 Å². The fourth-order valence-electron chi connectivity index (χ4n) is 3.11. The second kappa shape index (κ2) is 9.28. The molecule has 0 aliphatic rings. The summed E-state index contributed by atoms with van der Waals surface area (Å²) >= 11 is 0. The van der Waals surface area contributed by atoms with Gasteiger partial charge in [-0.2, -0.15) is 0 Å². The Morgan fingerprint density at radius 3 is 2.62 bits per heavy atom. The first-order valence-corrected chi connectivity index (χ1v) is 9.94. The van der Waals surface area contributed by atoms with Gasteiger partial charge in [-0.05, 0) is 43.0 Å². The first-order valence-electron chi connectivity index (χ1n) is 9.94. The highest BCUT2D eigenvalue weighted by atomic mass is 15.0. The third-order valence-corrected chi connectivity index (χ3v) is 4.71. The van der Waals surface area contributed by atoms with Crippen LogP contribution in [0.25, 0.3) is 22.4 Å². The van der Waals surface area contributed by atoms with E-state index in [-0.39, 0.29) is 0 Å². The van der Waals surface area contributed by atoms with Gasteiger partial charge in [0.1, 0.15) is 5.82 Å². The van der Waals surface area contributed by atoms with E-state index in [9.17, 15) is 0 Å². The first kappa shape index (κ1) is 20.5. The van der Waals surface area contributed by atoms with Crippen molar-refractivity contribution < 1.29 is 0 Å². The minimum absolute atomic E-state index is 0.382. The molecule has 0 bridgehead atoms. The van der Waals surface area contributed by atoms with Gasteiger partial charge >= 0.3 is 0 Å². The second-order valence-electron chi connectivity index (χ2n) is 7.41. The van der Waals surface area contributed by atoms with Crippen molar-refractivity contribution in [1.82, 2.24) is 15.0 Å². The van der Waals surface area contributed by atoms with E-state index in [1.807, 2.05) is 38.1 Å². The summed E-state index contributed by atoms with van der Waals surface area (Å²) in [4.78, 5) is 14.1. The molecule has 148 valence electrons. The normalized spacial score (nSPS) is 12.1. The topological polar surface area (TPSA) is 50.7 Å². The molecule has 0 aliphatic heterocycles. The number of nitrogens with zero attached hydrogens (tertiary/aromatic N) is 3. The maximum absolute atomic E-state index is 4.88. The van der Waals surface area contributed by atoms with Gasteiger partial charge < -0.3 is 5.32 Å². The van der Waals surface area contributed by atoms with E-state index in [1.54, 1.807) is 6.20 Å². The number of allylic oxidation sites excluding steroid dienone is 3. The molecule has 0 atom stereocenters. The van der Waals surface area contributed by atoms with Gasteiger partial charge in [0.2, 0.25) is 0 Å². The van der Waals surface area contributed by atoms with Crippen LogP contribution in [0.1, 0.15) is 39.2 Å². The van der Waals surface area contributed by atoms with Gasteiger partial charge in [0.15, 0.2) is 11.5 Å². The van der Waals surface area contributed by atoms with Gasteiger partial charge in [-0.25, -0.2) is 15.0 Å². The summed E-state index contributed by atoms with van der Waals surface area (Å²) in [5.41, 5.74) is 5.15. The zero-order valence-corrected chi connectivity index (χ0v) is 17.6. The lowest BCUT2D eigenvalue weighted by Crippen LogP contribution is -2.08. The summed E-state index contributed by atoms with van der Waals surface area (Å²) in [5, 5.41) is 4.40. The molecule has 1 aromatic carbocycles. The summed E-state index contributed by atoms with van der Waals surface area (Å²) in [7, 11) is 0.